The molecule has 92 valence electrons. The first-order valence-electron chi connectivity index (χ1n) is 5.40. The van der Waals surface area contributed by atoms with E-state index in [2.05, 4.69) is 27.7 Å². The summed E-state index contributed by atoms with van der Waals surface area (Å²) >= 11 is 2.19. The van der Waals surface area contributed by atoms with Gasteiger partial charge in [-0.1, -0.05) is 0 Å². The standard InChI is InChI=1S/C12H10IN3O2/c1-15-6-8(5-14-15)7-16-10-3-2-9(13)4-11(10)18-12(16)17/h2-6H,7H2,1H3. The average molecular weight is 355 g/mol. The molecule has 6 heteroatoms. The fraction of sp³-hybridized carbons (Fsp3) is 0.167. The molecular formula is C12H10IN3O2. The van der Waals surface area contributed by atoms with Gasteiger partial charge >= 0.3 is 5.76 Å². The van der Waals surface area contributed by atoms with Crippen molar-refractivity contribution in [2.45, 2.75) is 6.54 Å². The Morgan fingerprint density at radius 1 is 1.44 bits per heavy atom. The number of rotatable bonds is 2. The van der Waals surface area contributed by atoms with Gasteiger partial charge in [-0.25, -0.2) is 4.79 Å². The van der Waals surface area contributed by atoms with E-state index in [9.17, 15) is 4.79 Å². The molecule has 0 aliphatic carbocycles. The number of benzene rings is 1. The lowest BCUT2D eigenvalue weighted by atomic mass is 10.3. The maximum absolute atomic E-state index is 11.8. The molecule has 0 N–H and O–H groups in total. The van der Waals surface area contributed by atoms with E-state index in [1.807, 2.05) is 31.4 Å². The van der Waals surface area contributed by atoms with Gasteiger partial charge in [-0.05, 0) is 40.8 Å². The lowest BCUT2D eigenvalue weighted by Crippen LogP contribution is -2.14. The van der Waals surface area contributed by atoms with E-state index in [4.69, 9.17) is 4.42 Å². The topological polar surface area (TPSA) is 53.0 Å². The largest absolute Gasteiger partial charge is 0.420 e. The van der Waals surface area contributed by atoms with Crippen molar-refractivity contribution in [3.63, 3.8) is 0 Å². The van der Waals surface area contributed by atoms with Crippen LogP contribution < -0.4 is 5.76 Å². The Kier molecular flexibility index (Phi) is 2.73. The minimum absolute atomic E-state index is 0.337. The fourth-order valence-corrected chi connectivity index (χ4v) is 2.39. The van der Waals surface area contributed by atoms with E-state index in [0.29, 0.717) is 12.1 Å². The Balaban J connectivity index is 2.11. The van der Waals surface area contributed by atoms with E-state index in [0.717, 1.165) is 14.7 Å². The van der Waals surface area contributed by atoms with E-state index in [1.54, 1.807) is 15.4 Å². The molecule has 0 amide bonds. The molecule has 18 heavy (non-hydrogen) atoms. The van der Waals surface area contributed by atoms with Gasteiger partial charge in [-0.15, -0.1) is 0 Å². The Bertz CT molecular complexity index is 769. The van der Waals surface area contributed by atoms with Crippen molar-refractivity contribution >= 4 is 33.7 Å². The van der Waals surface area contributed by atoms with E-state index < -0.39 is 0 Å². The van der Waals surface area contributed by atoms with Crippen molar-refractivity contribution in [2.24, 2.45) is 7.05 Å². The summed E-state index contributed by atoms with van der Waals surface area (Å²) in [4.78, 5) is 11.8. The second-order valence-corrected chi connectivity index (χ2v) is 5.33. The number of hydrogen-bond donors (Lipinski definition) is 0. The normalized spacial score (nSPS) is 11.2. The molecule has 5 nitrogen and oxygen atoms in total. The number of hydrogen-bond acceptors (Lipinski definition) is 3. The number of aromatic nitrogens is 3. The predicted molar refractivity (Wildman–Crippen MR) is 75.5 cm³/mol. The zero-order valence-corrected chi connectivity index (χ0v) is 11.8. The van der Waals surface area contributed by atoms with Crippen LogP contribution in [0.4, 0.5) is 0 Å². The third-order valence-electron chi connectivity index (χ3n) is 2.73. The predicted octanol–water partition coefficient (Wildman–Crippen LogP) is 1.98. The third kappa shape index (κ3) is 1.96. The maximum atomic E-state index is 11.8. The lowest BCUT2D eigenvalue weighted by Gasteiger charge is -1.99. The monoisotopic (exact) mass is 355 g/mol. The average Bonchev–Trinajstić information content (AvgIpc) is 2.84. The lowest BCUT2D eigenvalue weighted by molar-refractivity contribution is 0.517. The van der Waals surface area contributed by atoms with Crippen LogP contribution in [0.2, 0.25) is 0 Å². The van der Waals surface area contributed by atoms with Gasteiger partial charge in [-0.3, -0.25) is 9.25 Å². The first kappa shape index (κ1) is 11.5. The van der Waals surface area contributed by atoms with Crippen LogP contribution in [0.5, 0.6) is 0 Å². The number of fused-ring (bicyclic) bond motifs is 1. The summed E-state index contributed by atoms with van der Waals surface area (Å²) < 4.78 is 9.61. The molecular weight excluding hydrogens is 345 g/mol. The van der Waals surface area contributed by atoms with Crippen LogP contribution in [-0.2, 0) is 13.6 Å². The van der Waals surface area contributed by atoms with Crippen LogP contribution in [0.15, 0.2) is 39.8 Å². The molecule has 0 radical (unpaired) electrons. The Morgan fingerprint density at radius 3 is 3.00 bits per heavy atom. The number of halogens is 1. The highest BCUT2D eigenvalue weighted by molar-refractivity contribution is 14.1. The number of aryl methyl sites for hydroxylation is 1. The fourth-order valence-electron chi connectivity index (χ4n) is 1.93. The number of oxazole rings is 1. The van der Waals surface area contributed by atoms with Gasteiger partial charge in [-0.2, -0.15) is 5.10 Å². The van der Waals surface area contributed by atoms with Gasteiger partial charge in [0.1, 0.15) is 0 Å². The summed E-state index contributed by atoms with van der Waals surface area (Å²) in [7, 11) is 1.85. The Labute approximate surface area is 116 Å². The molecule has 0 atom stereocenters. The second-order valence-electron chi connectivity index (χ2n) is 4.09. The van der Waals surface area contributed by atoms with Crippen LogP contribution >= 0.6 is 22.6 Å². The molecule has 0 aliphatic rings. The van der Waals surface area contributed by atoms with Gasteiger partial charge in [0.15, 0.2) is 5.58 Å². The molecule has 1 aromatic carbocycles. The first-order valence-corrected chi connectivity index (χ1v) is 6.48. The van der Waals surface area contributed by atoms with Gasteiger partial charge in [0.2, 0.25) is 0 Å². The molecule has 2 aromatic heterocycles. The number of nitrogens with zero attached hydrogens (tertiary/aromatic N) is 3. The molecule has 0 saturated carbocycles. The molecule has 0 saturated heterocycles. The van der Waals surface area contributed by atoms with Crippen LogP contribution in [0.1, 0.15) is 5.56 Å². The minimum Gasteiger partial charge on any atom is -0.408 e. The summed E-state index contributed by atoms with van der Waals surface area (Å²) in [5.74, 6) is -0.337. The molecule has 3 rings (SSSR count). The smallest absolute Gasteiger partial charge is 0.408 e. The van der Waals surface area contributed by atoms with E-state index >= 15 is 0 Å². The van der Waals surface area contributed by atoms with Crippen molar-refractivity contribution in [2.75, 3.05) is 0 Å². The summed E-state index contributed by atoms with van der Waals surface area (Å²) in [5.41, 5.74) is 2.40. The molecule has 0 spiro atoms. The summed E-state index contributed by atoms with van der Waals surface area (Å²) in [6.45, 7) is 0.472. The molecule has 0 aliphatic heterocycles. The van der Waals surface area contributed by atoms with Crippen molar-refractivity contribution in [3.05, 3.63) is 50.3 Å². The molecule has 3 aromatic rings. The zero-order valence-electron chi connectivity index (χ0n) is 9.63. The van der Waals surface area contributed by atoms with Gasteiger partial charge < -0.3 is 4.42 Å². The maximum Gasteiger partial charge on any atom is 0.420 e. The van der Waals surface area contributed by atoms with Crippen molar-refractivity contribution < 1.29 is 4.42 Å². The highest BCUT2D eigenvalue weighted by Crippen LogP contribution is 2.17. The molecule has 0 fully saturated rings. The van der Waals surface area contributed by atoms with Crippen molar-refractivity contribution in [1.82, 2.24) is 14.3 Å². The SMILES string of the molecule is Cn1cc(Cn2c(=O)oc3cc(I)ccc32)cn1. The third-order valence-corrected chi connectivity index (χ3v) is 3.40. The molecule has 0 unspecified atom stereocenters. The highest BCUT2D eigenvalue weighted by Gasteiger charge is 2.10. The van der Waals surface area contributed by atoms with Crippen LogP contribution in [0.25, 0.3) is 11.1 Å². The summed E-state index contributed by atoms with van der Waals surface area (Å²) in [6.07, 6.45) is 3.63. The van der Waals surface area contributed by atoms with E-state index in [-0.39, 0.29) is 5.76 Å². The van der Waals surface area contributed by atoms with E-state index in [1.165, 1.54) is 0 Å². The van der Waals surface area contributed by atoms with Gasteiger partial charge in [0.05, 0.1) is 18.3 Å². The zero-order chi connectivity index (χ0) is 12.7. The minimum atomic E-state index is -0.337. The van der Waals surface area contributed by atoms with Crippen LogP contribution in [0, 0.1) is 3.57 Å². The molecule has 2 heterocycles. The molecule has 0 bridgehead atoms. The van der Waals surface area contributed by atoms with Crippen molar-refractivity contribution in [1.29, 1.82) is 0 Å². The Hall–Kier alpha value is -1.57. The Morgan fingerprint density at radius 2 is 2.28 bits per heavy atom. The highest BCUT2D eigenvalue weighted by atomic mass is 127. The first-order chi connectivity index (χ1) is 8.63. The van der Waals surface area contributed by atoms with Gasteiger partial charge in [0, 0.05) is 22.4 Å². The second kappa shape index (κ2) is 4.27. The van der Waals surface area contributed by atoms with Gasteiger partial charge in [0.25, 0.3) is 0 Å². The van der Waals surface area contributed by atoms with Crippen LogP contribution in [-0.4, -0.2) is 14.3 Å². The summed E-state index contributed by atoms with van der Waals surface area (Å²) in [5, 5.41) is 4.09. The van der Waals surface area contributed by atoms with Crippen LogP contribution in [0.3, 0.4) is 0 Å². The van der Waals surface area contributed by atoms with Crippen molar-refractivity contribution in [3.8, 4) is 0 Å². The quantitative estimate of drug-likeness (QED) is 0.661. The summed E-state index contributed by atoms with van der Waals surface area (Å²) in [6, 6.07) is 5.72.